The number of sulfone groups is 1. The van der Waals surface area contributed by atoms with E-state index >= 15 is 0 Å². The van der Waals surface area contributed by atoms with E-state index in [9.17, 15) is 13.2 Å². The molecular weight excluding hydrogens is 350 g/mol. The first-order valence-corrected chi connectivity index (χ1v) is 11.3. The van der Waals surface area contributed by atoms with Crippen molar-refractivity contribution in [3.63, 3.8) is 0 Å². The molecule has 3 aliphatic rings. The summed E-state index contributed by atoms with van der Waals surface area (Å²) in [7, 11) is -2.84. The van der Waals surface area contributed by atoms with Crippen LogP contribution in [-0.4, -0.2) is 80.4 Å². The Bertz CT molecular complexity index is 787. The highest BCUT2D eigenvalue weighted by Crippen LogP contribution is 2.29. The van der Waals surface area contributed by atoms with Crippen LogP contribution in [0.2, 0.25) is 0 Å². The lowest BCUT2D eigenvalue weighted by molar-refractivity contribution is -0.124. The van der Waals surface area contributed by atoms with Gasteiger partial charge in [0.25, 0.3) is 0 Å². The van der Waals surface area contributed by atoms with Gasteiger partial charge in [0.1, 0.15) is 0 Å². The lowest BCUT2D eigenvalue weighted by Gasteiger charge is -2.40. The second-order valence-corrected chi connectivity index (χ2v) is 9.90. The van der Waals surface area contributed by atoms with Crippen LogP contribution in [0.1, 0.15) is 18.9 Å². The maximum atomic E-state index is 13.0. The fourth-order valence-electron chi connectivity index (χ4n) is 4.50. The van der Waals surface area contributed by atoms with E-state index in [1.165, 1.54) is 5.56 Å². The Labute approximate surface area is 155 Å². The number of rotatable bonds is 3. The summed E-state index contributed by atoms with van der Waals surface area (Å²) in [6.07, 6.45) is 1.68. The van der Waals surface area contributed by atoms with Crippen LogP contribution in [0.15, 0.2) is 24.3 Å². The summed E-state index contributed by atoms with van der Waals surface area (Å²) in [5.41, 5.74) is 2.31. The zero-order valence-corrected chi connectivity index (χ0v) is 16.1. The molecule has 4 rings (SSSR count). The van der Waals surface area contributed by atoms with Crippen LogP contribution in [0.5, 0.6) is 0 Å². The van der Waals surface area contributed by atoms with Crippen molar-refractivity contribution in [2.45, 2.75) is 31.8 Å². The molecule has 26 heavy (non-hydrogen) atoms. The highest BCUT2D eigenvalue weighted by Gasteiger charge is 2.36. The van der Waals surface area contributed by atoms with E-state index in [-0.39, 0.29) is 18.0 Å². The van der Waals surface area contributed by atoms with Gasteiger partial charge in [0.2, 0.25) is 5.91 Å². The number of hydrogen-bond acceptors (Lipinski definition) is 5. The van der Waals surface area contributed by atoms with Crippen LogP contribution in [0.4, 0.5) is 5.69 Å². The lowest BCUT2D eigenvalue weighted by Crippen LogP contribution is -2.56. The molecule has 1 aromatic carbocycles. The molecule has 0 aliphatic carbocycles. The van der Waals surface area contributed by atoms with Gasteiger partial charge in [-0.2, -0.15) is 0 Å². The van der Waals surface area contributed by atoms with E-state index < -0.39 is 9.84 Å². The van der Waals surface area contributed by atoms with E-state index in [2.05, 4.69) is 15.9 Å². The molecule has 0 saturated carbocycles. The molecule has 142 valence electrons. The van der Waals surface area contributed by atoms with Crippen molar-refractivity contribution >= 4 is 21.4 Å². The molecule has 1 aromatic rings. The van der Waals surface area contributed by atoms with E-state index in [0.717, 1.165) is 51.3 Å². The largest absolute Gasteiger partial charge is 0.310 e. The molecule has 7 heteroatoms. The van der Waals surface area contributed by atoms with E-state index in [1.807, 2.05) is 30.0 Å². The summed E-state index contributed by atoms with van der Waals surface area (Å²) in [5.74, 6) is 0.791. The first-order valence-electron chi connectivity index (χ1n) is 9.52. The summed E-state index contributed by atoms with van der Waals surface area (Å²) < 4.78 is 23.4. The molecule has 0 aromatic heterocycles. The average Bonchev–Trinajstić information content (AvgIpc) is 3.24. The van der Waals surface area contributed by atoms with Gasteiger partial charge in [-0.1, -0.05) is 18.2 Å². The predicted octanol–water partition coefficient (Wildman–Crippen LogP) is 0.769. The minimum absolute atomic E-state index is 0.143. The van der Waals surface area contributed by atoms with Gasteiger partial charge in [-0.15, -0.1) is 0 Å². The van der Waals surface area contributed by atoms with Crippen LogP contribution in [0.3, 0.4) is 0 Å². The molecule has 0 unspecified atom stereocenters. The van der Waals surface area contributed by atoms with Gasteiger partial charge in [0.15, 0.2) is 9.84 Å². The number of carbonyl (C=O) groups excluding carboxylic acids is 1. The Hall–Kier alpha value is -1.44. The van der Waals surface area contributed by atoms with Gasteiger partial charge in [-0.05, 0) is 31.4 Å². The quantitative estimate of drug-likeness (QED) is 0.779. The first kappa shape index (κ1) is 17.9. The van der Waals surface area contributed by atoms with Crippen LogP contribution < -0.4 is 4.90 Å². The summed E-state index contributed by atoms with van der Waals surface area (Å²) >= 11 is 0. The molecule has 3 heterocycles. The number of anilines is 1. The fourth-order valence-corrected chi connectivity index (χ4v) is 6.26. The van der Waals surface area contributed by atoms with Gasteiger partial charge >= 0.3 is 0 Å². The Morgan fingerprint density at radius 2 is 1.85 bits per heavy atom. The molecular formula is C19H27N3O3S. The van der Waals surface area contributed by atoms with Crippen molar-refractivity contribution in [1.29, 1.82) is 0 Å². The number of nitrogens with zero attached hydrogens (tertiary/aromatic N) is 3. The zero-order valence-electron chi connectivity index (χ0n) is 15.3. The topological polar surface area (TPSA) is 60.9 Å². The third-order valence-corrected chi connectivity index (χ3v) is 7.88. The standard InChI is InChI=1S/C19H27N3O3S/c1-15(19(23)22-8-6-16-4-2-3-5-18(16)22)20-9-11-21(12-10-20)17-7-13-26(24,25)14-17/h2-5,15,17H,6-14H2,1H3/t15-,17-/m0/s1. The molecule has 1 amide bonds. The molecule has 0 radical (unpaired) electrons. The third kappa shape index (κ3) is 3.40. The number of benzene rings is 1. The van der Waals surface area contributed by atoms with Gasteiger partial charge in [-0.25, -0.2) is 8.42 Å². The van der Waals surface area contributed by atoms with E-state index in [4.69, 9.17) is 0 Å². The van der Waals surface area contributed by atoms with Crippen molar-refractivity contribution in [2.24, 2.45) is 0 Å². The Morgan fingerprint density at radius 1 is 1.12 bits per heavy atom. The fraction of sp³-hybridized carbons (Fsp3) is 0.632. The number of hydrogen-bond donors (Lipinski definition) is 0. The molecule has 2 saturated heterocycles. The van der Waals surface area contributed by atoms with E-state index in [1.54, 1.807) is 0 Å². The summed E-state index contributed by atoms with van der Waals surface area (Å²) in [6.45, 7) is 6.09. The van der Waals surface area contributed by atoms with Crippen LogP contribution >= 0.6 is 0 Å². The first-order chi connectivity index (χ1) is 12.4. The number of piperazine rings is 1. The molecule has 3 aliphatic heterocycles. The van der Waals surface area contributed by atoms with Crippen molar-refractivity contribution in [3.8, 4) is 0 Å². The van der Waals surface area contributed by atoms with Crippen LogP contribution in [0.25, 0.3) is 0 Å². The van der Waals surface area contributed by atoms with Crippen molar-refractivity contribution in [1.82, 2.24) is 9.80 Å². The van der Waals surface area contributed by atoms with Gasteiger partial charge in [0, 0.05) is 44.5 Å². The minimum Gasteiger partial charge on any atom is -0.310 e. The smallest absolute Gasteiger partial charge is 0.244 e. The third-order valence-electron chi connectivity index (χ3n) is 6.13. The summed E-state index contributed by atoms with van der Waals surface area (Å²) in [6, 6.07) is 8.17. The highest BCUT2D eigenvalue weighted by molar-refractivity contribution is 7.91. The van der Waals surface area contributed by atoms with Gasteiger partial charge in [0.05, 0.1) is 17.5 Å². The lowest BCUT2D eigenvalue weighted by atomic mass is 10.1. The maximum absolute atomic E-state index is 13.0. The summed E-state index contributed by atoms with van der Waals surface area (Å²) in [4.78, 5) is 19.5. The normalized spacial score (nSPS) is 27.4. The minimum atomic E-state index is -2.84. The maximum Gasteiger partial charge on any atom is 0.244 e. The van der Waals surface area contributed by atoms with Gasteiger partial charge in [-0.3, -0.25) is 14.6 Å². The van der Waals surface area contributed by atoms with Crippen molar-refractivity contribution in [2.75, 3.05) is 49.1 Å². The zero-order chi connectivity index (χ0) is 18.3. The molecule has 2 fully saturated rings. The predicted molar refractivity (Wildman–Crippen MR) is 102 cm³/mol. The number of amides is 1. The second-order valence-electron chi connectivity index (χ2n) is 7.67. The molecule has 0 spiro atoms. The highest BCUT2D eigenvalue weighted by atomic mass is 32.2. The Morgan fingerprint density at radius 3 is 2.54 bits per heavy atom. The number of fused-ring (bicyclic) bond motifs is 1. The van der Waals surface area contributed by atoms with Crippen molar-refractivity contribution in [3.05, 3.63) is 29.8 Å². The number of para-hydroxylation sites is 1. The number of carbonyl (C=O) groups is 1. The van der Waals surface area contributed by atoms with E-state index in [0.29, 0.717) is 11.5 Å². The van der Waals surface area contributed by atoms with Gasteiger partial charge < -0.3 is 4.90 Å². The molecule has 2 atom stereocenters. The average molecular weight is 378 g/mol. The molecule has 0 N–H and O–H groups in total. The van der Waals surface area contributed by atoms with Crippen LogP contribution in [-0.2, 0) is 21.1 Å². The second kappa shape index (κ2) is 6.94. The Balaban J connectivity index is 1.35. The van der Waals surface area contributed by atoms with Crippen LogP contribution in [0, 0.1) is 0 Å². The monoisotopic (exact) mass is 377 g/mol. The Kier molecular flexibility index (Phi) is 4.79. The SMILES string of the molecule is C[C@@H](C(=O)N1CCc2ccccc21)N1CCN([C@H]2CCS(=O)(=O)C2)CC1. The summed E-state index contributed by atoms with van der Waals surface area (Å²) in [5, 5.41) is 0. The van der Waals surface area contributed by atoms with Crippen molar-refractivity contribution < 1.29 is 13.2 Å². The molecule has 0 bridgehead atoms. The molecule has 6 nitrogen and oxygen atoms in total.